The van der Waals surface area contributed by atoms with E-state index in [0.717, 1.165) is 18.2 Å². The second-order valence-electron chi connectivity index (χ2n) is 5.93. The Morgan fingerprint density at radius 1 is 1.18 bits per heavy atom. The van der Waals surface area contributed by atoms with Crippen LogP contribution in [0.3, 0.4) is 0 Å². The Morgan fingerprint density at radius 3 is 2.50 bits per heavy atom. The molecule has 1 aromatic heterocycles. The number of nitrogens with zero attached hydrogens (tertiary/aromatic N) is 3. The highest BCUT2D eigenvalue weighted by atomic mass is 35.5. The first kappa shape index (κ1) is 20.2. The van der Waals surface area contributed by atoms with Gasteiger partial charge in [0.1, 0.15) is 23.9 Å². The third-order valence-corrected chi connectivity index (χ3v) is 4.43. The minimum Gasteiger partial charge on any atom is -0.367 e. The van der Waals surface area contributed by atoms with Crippen molar-refractivity contribution in [2.75, 3.05) is 0 Å². The zero-order valence-corrected chi connectivity index (χ0v) is 15.7. The molecule has 0 fully saturated rings. The van der Waals surface area contributed by atoms with Crippen LogP contribution in [0.4, 0.5) is 14.6 Å². The lowest BCUT2D eigenvalue weighted by Crippen LogP contribution is -2.13. The molecule has 1 heterocycles. The lowest BCUT2D eigenvalue weighted by atomic mass is 10.1. The van der Waals surface area contributed by atoms with E-state index in [0.29, 0.717) is 21.2 Å². The molecule has 1 atom stereocenters. The van der Waals surface area contributed by atoms with E-state index in [1.165, 1.54) is 23.2 Å². The predicted octanol–water partition coefficient (Wildman–Crippen LogP) is 5.33. The van der Waals surface area contributed by atoms with Crippen molar-refractivity contribution in [3.8, 4) is 0 Å². The van der Waals surface area contributed by atoms with Gasteiger partial charge in [0, 0.05) is 21.7 Å². The minimum absolute atomic E-state index is 0.102. The summed E-state index contributed by atoms with van der Waals surface area (Å²) in [6.45, 7) is 0.0368. The van der Waals surface area contributed by atoms with Gasteiger partial charge in [0.05, 0.1) is 13.2 Å². The topological polar surface area (TPSA) is 70.2 Å². The quantitative estimate of drug-likeness (QED) is 0.377. The van der Waals surface area contributed by atoms with Gasteiger partial charge >= 0.3 is 5.82 Å². The summed E-state index contributed by atoms with van der Waals surface area (Å²) in [5, 5.41) is 11.6. The Morgan fingerprint density at radius 2 is 1.89 bits per heavy atom. The number of hydrogen-bond acceptors (Lipinski definition) is 4. The van der Waals surface area contributed by atoms with Crippen molar-refractivity contribution in [1.29, 1.82) is 0 Å². The van der Waals surface area contributed by atoms with Gasteiger partial charge in [0.25, 0.3) is 0 Å². The van der Waals surface area contributed by atoms with Crippen LogP contribution in [0.5, 0.6) is 0 Å². The summed E-state index contributed by atoms with van der Waals surface area (Å²) in [5.74, 6) is -1.75. The summed E-state index contributed by atoms with van der Waals surface area (Å²) in [4.78, 5) is 13.9. The fourth-order valence-electron chi connectivity index (χ4n) is 2.63. The monoisotopic (exact) mass is 427 g/mol. The zero-order valence-electron chi connectivity index (χ0n) is 14.2. The van der Waals surface area contributed by atoms with Crippen molar-refractivity contribution in [3.63, 3.8) is 0 Å². The fraction of sp³-hybridized carbons (Fsp3) is 0.167. The third kappa shape index (κ3) is 5.03. The molecule has 0 amide bonds. The molecule has 1 unspecified atom stereocenters. The molecule has 0 N–H and O–H groups in total. The number of benzene rings is 2. The Kier molecular flexibility index (Phi) is 6.23. The van der Waals surface area contributed by atoms with Gasteiger partial charge in [-0.05, 0) is 39.7 Å². The second kappa shape index (κ2) is 8.64. The van der Waals surface area contributed by atoms with Gasteiger partial charge < -0.3 is 19.4 Å². The van der Waals surface area contributed by atoms with Crippen LogP contribution in [0.15, 0.2) is 48.9 Å². The molecule has 0 aliphatic rings. The van der Waals surface area contributed by atoms with Gasteiger partial charge in [0.2, 0.25) is 6.33 Å². The van der Waals surface area contributed by atoms with Gasteiger partial charge in [-0.1, -0.05) is 29.3 Å². The zero-order chi connectivity index (χ0) is 20.3. The molecule has 146 valence electrons. The van der Waals surface area contributed by atoms with E-state index < -0.39 is 22.7 Å². The van der Waals surface area contributed by atoms with Gasteiger partial charge in [-0.25, -0.2) is 8.78 Å². The molecule has 0 saturated heterocycles. The summed E-state index contributed by atoms with van der Waals surface area (Å²) in [6, 6.07) is 7.90. The molecule has 28 heavy (non-hydrogen) atoms. The number of ether oxygens (including phenoxy) is 1. The van der Waals surface area contributed by atoms with E-state index in [1.54, 1.807) is 12.1 Å². The van der Waals surface area contributed by atoms with Gasteiger partial charge in [-0.2, -0.15) is 0 Å². The molecule has 0 aliphatic heterocycles. The highest BCUT2D eigenvalue weighted by Crippen LogP contribution is 2.31. The number of halogens is 4. The molecule has 0 radical (unpaired) electrons. The van der Waals surface area contributed by atoms with Crippen LogP contribution in [0, 0.1) is 21.7 Å². The molecule has 0 spiro atoms. The van der Waals surface area contributed by atoms with E-state index in [2.05, 4.69) is 4.98 Å². The van der Waals surface area contributed by atoms with Crippen molar-refractivity contribution < 1.29 is 18.4 Å². The van der Waals surface area contributed by atoms with Crippen molar-refractivity contribution in [1.82, 2.24) is 9.55 Å². The summed E-state index contributed by atoms with van der Waals surface area (Å²) in [6.07, 6.45) is 1.87. The first-order chi connectivity index (χ1) is 13.3. The normalized spacial score (nSPS) is 12.1. The molecule has 0 saturated carbocycles. The first-order valence-electron chi connectivity index (χ1n) is 7.99. The second-order valence-corrected chi connectivity index (χ2v) is 6.77. The number of rotatable bonds is 7. The maximum absolute atomic E-state index is 13.4. The Balaban J connectivity index is 1.85. The standard InChI is InChI=1S/C18H13Cl2F2N3O3/c19-12-1-2-15(16(20)5-12)17(7-24-8-18(23-10-24)25(26)27)28-9-11-3-13(21)6-14(22)4-11/h1-6,8,10,17H,7,9H2. The van der Waals surface area contributed by atoms with Gasteiger partial charge in [-0.3, -0.25) is 0 Å². The Bertz CT molecular complexity index is 993. The van der Waals surface area contributed by atoms with E-state index in [4.69, 9.17) is 27.9 Å². The van der Waals surface area contributed by atoms with Crippen LogP contribution in [0.1, 0.15) is 17.2 Å². The number of aromatic nitrogens is 2. The highest BCUT2D eigenvalue weighted by Gasteiger charge is 2.20. The van der Waals surface area contributed by atoms with E-state index >= 15 is 0 Å². The van der Waals surface area contributed by atoms with Crippen LogP contribution in [0.2, 0.25) is 10.0 Å². The Labute approximate surface area is 168 Å². The van der Waals surface area contributed by atoms with Crippen molar-refractivity contribution in [3.05, 3.63) is 91.8 Å². The molecular formula is C18H13Cl2F2N3O3. The van der Waals surface area contributed by atoms with Crippen LogP contribution < -0.4 is 0 Å². The first-order valence-corrected chi connectivity index (χ1v) is 8.75. The summed E-state index contributed by atoms with van der Waals surface area (Å²) in [5.41, 5.74) is 0.864. The van der Waals surface area contributed by atoms with Crippen LogP contribution in [-0.4, -0.2) is 14.5 Å². The van der Waals surface area contributed by atoms with E-state index in [1.807, 2.05) is 0 Å². The van der Waals surface area contributed by atoms with Gasteiger partial charge in [0.15, 0.2) is 0 Å². The van der Waals surface area contributed by atoms with Gasteiger partial charge in [-0.15, -0.1) is 0 Å². The predicted molar refractivity (Wildman–Crippen MR) is 99.2 cm³/mol. The van der Waals surface area contributed by atoms with Crippen molar-refractivity contribution in [2.24, 2.45) is 0 Å². The molecule has 0 bridgehead atoms. The largest absolute Gasteiger partial charge is 0.381 e. The molecule has 3 aromatic rings. The fourth-order valence-corrected chi connectivity index (χ4v) is 3.16. The van der Waals surface area contributed by atoms with Crippen molar-refractivity contribution >= 4 is 29.0 Å². The van der Waals surface area contributed by atoms with Crippen molar-refractivity contribution in [2.45, 2.75) is 19.3 Å². The summed E-state index contributed by atoms with van der Waals surface area (Å²) >= 11 is 12.2. The highest BCUT2D eigenvalue weighted by molar-refractivity contribution is 6.35. The average Bonchev–Trinajstić information content (AvgIpc) is 3.07. The SMILES string of the molecule is O=[N+]([O-])c1cn(CC(OCc2cc(F)cc(F)c2)c2ccc(Cl)cc2Cl)cn1. The van der Waals surface area contributed by atoms with E-state index in [-0.39, 0.29) is 19.0 Å². The van der Waals surface area contributed by atoms with Crippen LogP contribution in [-0.2, 0) is 17.9 Å². The minimum atomic E-state index is -0.718. The Hall–Kier alpha value is -2.55. The number of nitro groups is 1. The molecule has 6 nitrogen and oxygen atoms in total. The lowest BCUT2D eigenvalue weighted by molar-refractivity contribution is -0.389. The maximum Gasteiger partial charge on any atom is 0.381 e. The van der Waals surface area contributed by atoms with E-state index in [9.17, 15) is 18.9 Å². The smallest absolute Gasteiger partial charge is 0.367 e. The average molecular weight is 428 g/mol. The maximum atomic E-state index is 13.4. The molecule has 0 aliphatic carbocycles. The molecule has 3 rings (SSSR count). The number of imidazole rings is 1. The molecule has 2 aromatic carbocycles. The lowest BCUT2D eigenvalue weighted by Gasteiger charge is -2.20. The van der Waals surface area contributed by atoms with Crippen LogP contribution in [0.25, 0.3) is 0 Å². The number of hydrogen-bond donors (Lipinski definition) is 0. The third-order valence-electron chi connectivity index (χ3n) is 3.87. The van der Waals surface area contributed by atoms with Crippen LogP contribution >= 0.6 is 23.2 Å². The molecule has 10 heteroatoms. The summed E-state index contributed by atoms with van der Waals surface area (Å²) < 4.78 is 34.1. The molecular weight excluding hydrogens is 415 g/mol. The summed E-state index contributed by atoms with van der Waals surface area (Å²) in [7, 11) is 0.